The fraction of sp³-hybridized carbons (Fsp3) is 0.0924. The highest BCUT2D eigenvalue weighted by atomic mass is 16.3. The molecular weight excluding hydrogens is 1520 g/mol. The molecule has 0 unspecified atom stereocenters. The van der Waals surface area contributed by atoms with Crippen molar-refractivity contribution in [2.75, 3.05) is 0 Å². The van der Waals surface area contributed by atoms with Crippen molar-refractivity contribution in [1.82, 2.24) is 4.57 Å². The van der Waals surface area contributed by atoms with Gasteiger partial charge in [0.15, 0.2) is 0 Å². The molecule has 0 N–H and O–H groups in total. The summed E-state index contributed by atoms with van der Waals surface area (Å²) in [6.07, 6.45) is 2.13. The Morgan fingerprint density at radius 3 is 0.792 bits per heavy atom. The second-order valence-electron chi connectivity index (χ2n) is 35.5. The van der Waals surface area contributed by atoms with Gasteiger partial charge < -0.3 is 26.7 Å². The Morgan fingerprint density at radius 2 is 0.440 bits per heavy atom. The summed E-state index contributed by atoms with van der Waals surface area (Å²) >= 11 is 0. The number of para-hydroxylation sites is 7. The second kappa shape index (κ2) is 27.4. The Labute approximate surface area is 722 Å². The Bertz CT molecular complexity index is 8450. The molecule has 18 aromatic carbocycles. The quantitative estimate of drug-likeness (QED) is 0.152. The van der Waals surface area contributed by atoms with Crippen LogP contribution in [0.2, 0.25) is 0 Å². The van der Waals surface area contributed by atoms with Crippen LogP contribution in [0.25, 0.3) is 226 Å². The first-order valence-corrected chi connectivity index (χ1v) is 43.7. The van der Waals surface area contributed by atoms with E-state index in [2.05, 4.69) is 355 Å². The molecule has 0 radical (unpaired) electrons. The highest BCUT2D eigenvalue weighted by molar-refractivity contribution is 6.13. The maximum absolute atomic E-state index is 6.12. The van der Waals surface area contributed by atoms with Crippen LogP contribution in [0.1, 0.15) is 87.8 Å². The van der Waals surface area contributed by atoms with Crippen molar-refractivity contribution in [2.24, 2.45) is 0 Å². The molecule has 3 aliphatic carbocycles. The van der Waals surface area contributed by atoms with E-state index in [0.29, 0.717) is 0 Å². The average molecular weight is 1610 g/mol. The third-order valence-electron chi connectivity index (χ3n) is 28.3. The van der Waals surface area contributed by atoms with Crippen LogP contribution in [0, 0.1) is 0 Å². The van der Waals surface area contributed by atoms with Crippen LogP contribution in [-0.2, 0) is 16.2 Å². The van der Waals surface area contributed by atoms with Crippen molar-refractivity contribution in [2.45, 2.75) is 70.6 Å². The van der Waals surface area contributed by atoms with Crippen molar-refractivity contribution in [3.05, 3.63) is 403 Å². The summed E-state index contributed by atoms with van der Waals surface area (Å²) in [4.78, 5) is 0. The van der Waals surface area contributed by atoms with Crippen molar-refractivity contribution in [1.29, 1.82) is 0 Å². The van der Waals surface area contributed by atoms with Gasteiger partial charge >= 0.3 is 0 Å². The highest BCUT2D eigenvalue weighted by Crippen LogP contribution is 2.57. The van der Waals surface area contributed by atoms with Gasteiger partial charge in [-0.25, -0.2) is 0 Å². The summed E-state index contributed by atoms with van der Waals surface area (Å²) in [6.45, 7) is 14.1. The van der Waals surface area contributed by atoms with Crippen molar-refractivity contribution < 1.29 is 22.1 Å². The largest absolute Gasteiger partial charge is 0.456 e. The van der Waals surface area contributed by atoms with E-state index in [0.717, 1.165) is 112 Å². The Balaban J connectivity index is 0.000000103. The standard InChI is InChI=1S/C41H31NO.2C39H26O2/c1-3-41(4-2)35-21-19-28(42-37-14-8-5-11-30(37)31-12-6-9-15-38(31)42)25-33(35)29-20-17-27(24-36(29)41)26-18-22-40-34(23-26)32-13-7-10-16-39(32)43-40;1-39(2)33-16-12-23(24-13-17-37-31(20-24)28-7-3-5-9-35(28)40-37)19-30(33)27-15-11-26(22-34(27)39)25-14-18-38-32(21-25)29-8-4-6-10-36(29)41-38;1-39(2)33-15-11-23(25-13-17-37-31(21-25)27-7-3-5-9-35(27)40-37)19-29(33)30-20-24(12-16-34(30)39)26-14-18-38-32(22-26)28-8-4-6-10-36(28)41-38/h5-25H,3-4H2,1-2H3;2*3-22H,1-2H3. The molecule has 27 rings (SSSR count). The number of furan rings is 5. The number of hydrogen-bond acceptors (Lipinski definition) is 5. The van der Waals surface area contributed by atoms with Gasteiger partial charge in [0.05, 0.1) is 11.0 Å². The molecule has 0 aliphatic heterocycles. The average Bonchev–Trinajstić information content (AvgIpc) is 1.65. The van der Waals surface area contributed by atoms with Gasteiger partial charge in [0.2, 0.25) is 0 Å². The first kappa shape index (κ1) is 72.6. The Morgan fingerprint density at radius 1 is 0.192 bits per heavy atom. The van der Waals surface area contributed by atoms with Gasteiger partial charge in [-0.3, -0.25) is 0 Å². The van der Waals surface area contributed by atoms with E-state index in [1.165, 1.54) is 161 Å². The van der Waals surface area contributed by atoms with E-state index < -0.39 is 0 Å². The van der Waals surface area contributed by atoms with Crippen molar-refractivity contribution in [3.8, 4) is 94.7 Å². The van der Waals surface area contributed by atoms with Crippen LogP contribution in [0.5, 0.6) is 0 Å². The lowest BCUT2D eigenvalue weighted by Crippen LogP contribution is -2.23. The Kier molecular flexibility index (Phi) is 15.9. The lowest BCUT2D eigenvalue weighted by Gasteiger charge is -2.30. The lowest BCUT2D eigenvalue weighted by atomic mass is 9.73. The SMILES string of the molecule is CC1(C)c2ccc(-c3ccc4oc5ccccc5c4c3)cc2-c2cc(-c3ccc4oc5ccccc5c4c3)ccc21.CC1(C)c2ccc(-c3ccc4oc5ccccc5c4c3)cc2-c2ccc(-c3ccc4oc5ccccc5c4c3)cc21.CCC1(CC)c2ccc(-n3c4ccccc4c4ccccc43)cc2-c2ccc(-c3ccc4oc5ccccc5c4c3)cc21. The summed E-state index contributed by atoms with van der Waals surface area (Å²) in [5.74, 6) is 0. The highest BCUT2D eigenvalue weighted by Gasteiger charge is 2.42. The van der Waals surface area contributed by atoms with Gasteiger partial charge in [0.25, 0.3) is 0 Å². The number of fused-ring (bicyclic) bond motifs is 27. The molecule has 594 valence electrons. The summed E-state index contributed by atoms with van der Waals surface area (Å²) in [5.41, 5.74) is 41.4. The molecule has 3 aliphatic rings. The molecule has 24 aromatic rings. The minimum Gasteiger partial charge on any atom is -0.456 e. The zero-order chi connectivity index (χ0) is 83.3. The number of nitrogens with zero attached hydrogens (tertiary/aromatic N) is 1. The van der Waals surface area contributed by atoms with E-state index in [4.69, 9.17) is 22.1 Å². The van der Waals surface area contributed by atoms with Gasteiger partial charge in [-0.05, 0) is 281 Å². The van der Waals surface area contributed by atoms with Gasteiger partial charge in [-0.1, -0.05) is 266 Å². The topological polar surface area (TPSA) is 70.6 Å². The smallest absolute Gasteiger partial charge is 0.135 e. The minimum absolute atomic E-state index is 0.00747. The third-order valence-corrected chi connectivity index (χ3v) is 28.3. The zero-order valence-electron chi connectivity index (χ0n) is 70.1. The van der Waals surface area contributed by atoms with Crippen LogP contribution in [0.4, 0.5) is 0 Å². The van der Waals surface area contributed by atoms with Crippen LogP contribution in [-0.4, -0.2) is 4.57 Å². The van der Waals surface area contributed by atoms with E-state index in [9.17, 15) is 0 Å². The molecule has 0 bridgehead atoms. The van der Waals surface area contributed by atoms with Gasteiger partial charge in [-0.2, -0.15) is 0 Å². The minimum atomic E-state index is -0.0869. The van der Waals surface area contributed by atoms with Gasteiger partial charge in [0, 0.05) is 86.6 Å². The molecule has 6 aromatic heterocycles. The van der Waals surface area contributed by atoms with Crippen LogP contribution >= 0.6 is 0 Å². The van der Waals surface area contributed by atoms with Crippen LogP contribution < -0.4 is 0 Å². The first-order chi connectivity index (χ1) is 61.3. The van der Waals surface area contributed by atoms with E-state index in [1.807, 2.05) is 60.7 Å². The summed E-state index contributed by atoms with van der Waals surface area (Å²) in [7, 11) is 0. The molecule has 0 spiro atoms. The predicted octanol–water partition coefficient (Wildman–Crippen LogP) is 33.7. The molecule has 0 atom stereocenters. The maximum Gasteiger partial charge on any atom is 0.135 e. The van der Waals surface area contributed by atoms with Crippen molar-refractivity contribution >= 4 is 131 Å². The molecule has 0 saturated carbocycles. The van der Waals surface area contributed by atoms with E-state index in [1.54, 1.807) is 0 Å². The molecule has 0 fully saturated rings. The summed E-state index contributed by atoms with van der Waals surface area (Å²) in [5, 5.41) is 14.2. The fourth-order valence-electron chi connectivity index (χ4n) is 21.8. The van der Waals surface area contributed by atoms with E-state index in [-0.39, 0.29) is 16.2 Å². The molecule has 6 heterocycles. The molecular formula is C119H83NO5. The van der Waals surface area contributed by atoms with Gasteiger partial charge in [0.1, 0.15) is 55.8 Å². The Hall–Kier alpha value is -15.2. The summed E-state index contributed by atoms with van der Waals surface area (Å²) in [6, 6.07) is 134. The number of aromatic nitrogens is 1. The normalized spacial score (nSPS) is 13.8. The zero-order valence-corrected chi connectivity index (χ0v) is 70.1. The third kappa shape index (κ3) is 11.1. The molecule has 0 saturated heterocycles. The molecule has 6 nitrogen and oxygen atoms in total. The fourth-order valence-corrected chi connectivity index (χ4v) is 21.8. The molecule has 6 heteroatoms. The number of hydrogen-bond donors (Lipinski definition) is 0. The van der Waals surface area contributed by atoms with Crippen LogP contribution in [0.15, 0.2) is 392 Å². The summed E-state index contributed by atoms with van der Waals surface area (Å²) < 4.78 is 32.9. The number of benzene rings is 18. The lowest BCUT2D eigenvalue weighted by molar-refractivity contribution is 0.490. The number of rotatable bonds is 8. The monoisotopic (exact) mass is 1610 g/mol. The molecule has 125 heavy (non-hydrogen) atoms. The van der Waals surface area contributed by atoms with E-state index >= 15 is 0 Å². The van der Waals surface area contributed by atoms with Gasteiger partial charge in [-0.15, -0.1) is 0 Å². The first-order valence-electron chi connectivity index (χ1n) is 43.7. The maximum atomic E-state index is 6.12. The second-order valence-corrected chi connectivity index (χ2v) is 35.5. The van der Waals surface area contributed by atoms with Crippen LogP contribution in [0.3, 0.4) is 0 Å². The van der Waals surface area contributed by atoms with Crippen molar-refractivity contribution in [3.63, 3.8) is 0 Å². The predicted molar refractivity (Wildman–Crippen MR) is 519 cm³/mol. The molecule has 0 amide bonds.